The van der Waals surface area contributed by atoms with Gasteiger partial charge < -0.3 is 25.0 Å². The molecule has 2 aromatic carbocycles. The van der Waals surface area contributed by atoms with Crippen LogP contribution in [0.2, 0.25) is 5.02 Å². The smallest absolute Gasteiger partial charge is 0.349 e. The van der Waals surface area contributed by atoms with E-state index in [4.69, 9.17) is 26.2 Å². The Morgan fingerprint density at radius 2 is 1.77 bits per heavy atom. The molecule has 0 bridgehead atoms. The van der Waals surface area contributed by atoms with Crippen LogP contribution in [-0.2, 0) is 4.79 Å². The molecule has 0 radical (unpaired) electrons. The second-order valence-corrected chi connectivity index (χ2v) is 10.4. The number of benzene rings is 2. The predicted molar refractivity (Wildman–Crippen MR) is 151 cm³/mol. The van der Waals surface area contributed by atoms with Gasteiger partial charge in [-0.15, -0.1) is 11.3 Å². The number of nitrogens with zero attached hydrogens (tertiary/aromatic N) is 1. The largest absolute Gasteiger partial charge is 0.494 e. The molecule has 0 unspecified atom stereocenters. The van der Waals surface area contributed by atoms with Crippen molar-refractivity contribution >= 4 is 52.3 Å². The first-order chi connectivity index (χ1) is 18.8. The minimum atomic E-state index is -1.27. The van der Waals surface area contributed by atoms with Gasteiger partial charge in [-0.05, 0) is 61.7 Å². The Balaban J connectivity index is 1.67. The highest BCUT2D eigenvalue weighted by Gasteiger charge is 2.29. The molecular weight excluding hydrogens is 544 g/mol. The number of amides is 2. The predicted octanol–water partition coefficient (Wildman–Crippen LogP) is 7.00. The van der Waals surface area contributed by atoms with Crippen molar-refractivity contribution in [1.29, 1.82) is 0 Å². The van der Waals surface area contributed by atoms with Crippen LogP contribution < -0.4 is 19.7 Å². The van der Waals surface area contributed by atoms with E-state index in [-0.39, 0.29) is 27.7 Å². The molecule has 0 atom stereocenters. The summed E-state index contributed by atoms with van der Waals surface area (Å²) in [6.45, 7) is 1.73. The van der Waals surface area contributed by atoms with Crippen LogP contribution in [0, 0.1) is 0 Å². The Kier molecular flexibility index (Phi) is 9.32. The Hall–Kier alpha value is -3.76. The number of hydrogen-bond acceptors (Lipinski definition) is 6. The van der Waals surface area contributed by atoms with E-state index in [0.29, 0.717) is 34.2 Å². The maximum Gasteiger partial charge on any atom is 0.349 e. The standard InChI is InChI=1S/C28H29ClN2O7S/c1-2-37-21-13-11-18(12-14-21)30-28(36)31(19-8-4-3-5-9-19)20-10-6-7-17(15-20)25-23(29)24(38-16-22(32)33)26(39-25)27(34)35/h6-7,10-15,19H,2-5,8-9,16H2,1H3,(H,30,36)(H,32,33)(H,34,35). The van der Waals surface area contributed by atoms with E-state index in [1.54, 1.807) is 47.4 Å². The molecule has 11 heteroatoms. The summed E-state index contributed by atoms with van der Waals surface area (Å²) in [4.78, 5) is 38.4. The van der Waals surface area contributed by atoms with Crippen molar-refractivity contribution in [2.24, 2.45) is 0 Å². The van der Waals surface area contributed by atoms with Crippen molar-refractivity contribution in [3.05, 3.63) is 58.4 Å². The first-order valence-electron chi connectivity index (χ1n) is 12.6. The van der Waals surface area contributed by atoms with Crippen LogP contribution in [0.25, 0.3) is 10.4 Å². The number of rotatable bonds is 10. The molecule has 0 saturated heterocycles. The van der Waals surface area contributed by atoms with Crippen LogP contribution in [0.3, 0.4) is 0 Å². The molecule has 9 nitrogen and oxygen atoms in total. The third-order valence-electron chi connectivity index (χ3n) is 6.31. The lowest BCUT2D eigenvalue weighted by Crippen LogP contribution is -2.44. The number of aromatic carboxylic acids is 1. The summed E-state index contributed by atoms with van der Waals surface area (Å²) in [5.41, 5.74) is 1.86. The number of hydrogen-bond donors (Lipinski definition) is 3. The number of carboxylic acids is 2. The fraction of sp³-hybridized carbons (Fsp3) is 0.321. The molecule has 3 N–H and O–H groups in total. The van der Waals surface area contributed by atoms with E-state index in [9.17, 15) is 19.5 Å². The maximum atomic E-state index is 13.6. The molecule has 39 heavy (non-hydrogen) atoms. The number of carbonyl (C=O) groups is 3. The molecule has 206 valence electrons. The summed E-state index contributed by atoms with van der Waals surface area (Å²) in [7, 11) is 0. The van der Waals surface area contributed by atoms with Crippen LogP contribution >= 0.6 is 22.9 Å². The van der Waals surface area contributed by atoms with Gasteiger partial charge in [0.2, 0.25) is 0 Å². The number of nitrogens with one attached hydrogen (secondary N) is 1. The highest BCUT2D eigenvalue weighted by Crippen LogP contribution is 2.46. The van der Waals surface area contributed by atoms with Gasteiger partial charge in [0.15, 0.2) is 17.2 Å². The molecule has 1 aliphatic rings. The first kappa shape index (κ1) is 28.3. The number of anilines is 2. The van der Waals surface area contributed by atoms with Gasteiger partial charge in [0.05, 0.1) is 11.5 Å². The molecule has 1 aromatic heterocycles. The van der Waals surface area contributed by atoms with Crippen LogP contribution in [-0.4, -0.2) is 47.4 Å². The SMILES string of the molecule is CCOc1ccc(NC(=O)N(c2cccc(-c3sc(C(=O)O)c(OCC(=O)O)c3Cl)c2)C2CCCCC2)cc1. The quantitative estimate of drug-likeness (QED) is 0.239. The lowest BCUT2D eigenvalue weighted by Gasteiger charge is -2.34. The topological polar surface area (TPSA) is 125 Å². The van der Waals surface area contributed by atoms with Crippen molar-refractivity contribution < 1.29 is 34.1 Å². The highest BCUT2D eigenvalue weighted by atomic mass is 35.5. The molecule has 1 heterocycles. The molecule has 1 saturated carbocycles. The first-order valence-corrected chi connectivity index (χ1v) is 13.8. The van der Waals surface area contributed by atoms with Crippen molar-refractivity contribution in [2.75, 3.05) is 23.4 Å². The maximum absolute atomic E-state index is 13.6. The summed E-state index contributed by atoms with van der Waals surface area (Å²) in [5.74, 6) is -2.00. The van der Waals surface area contributed by atoms with Crippen molar-refractivity contribution in [3.63, 3.8) is 0 Å². The third kappa shape index (κ3) is 6.82. The van der Waals surface area contributed by atoms with E-state index in [0.717, 1.165) is 43.4 Å². The number of carboxylic acid groups (broad SMARTS) is 2. The number of aliphatic carboxylic acids is 1. The summed E-state index contributed by atoms with van der Waals surface area (Å²) < 4.78 is 10.7. The zero-order valence-corrected chi connectivity index (χ0v) is 22.9. The second kappa shape index (κ2) is 12.9. The van der Waals surface area contributed by atoms with Gasteiger partial charge in [0.25, 0.3) is 0 Å². The fourth-order valence-electron chi connectivity index (χ4n) is 4.60. The van der Waals surface area contributed by atoms with Gasteiger partial charge >= 0.3 is 18.0 Å². The van der Waals surface area contributed by atoms with Gasteiger partial charge in [-0.1, -0.05) is 43.0 Å². The van der Waals surface area contributed by atoms with Crippen molar-refractivity contribution in [3.8, 4) is 21.9 Å². The summed E-state index contributed by atoms with van der Waals surface area (Å²) >= 11 is 7.39. The van der Waals surface area contributed by atoms with Gasteiger partial charge in [-0.25, -0.2) is 14.4 Å². The zero-order valence-electron chi connectivity index (χ0n) is 21.3. The Morgan fingerprint density at radius 3 is 2.41 bits per heavy atom. The normalized spacial score (nSPS) is 13.5. The molecule has 3 aromatic rings. The molecule has 1 fully saturated rings. The number of halogens is 1. The summed E-state index contributed by atoms with van der Waals surface area (Å²) in [6.07, 6.45) is 4.86. The van der Waals surface area contributed by atoms with Crippen molar-refractivity contribution in [1.82, 2.24) is 0 Å². The number of thiophene rings is 1. The molecular formula is C28H29ClN2O7S. The average Bonchev–Trinajstić information content (AvgIpc) is 3.26. The third-order valence-corrected chi connectivity index (χ3v) is 7.99. The zero-order chi connectivity index (χ0) is 27.9. The molecule has 1 aliphatic carbocycles. The van der Waals surface area contributed by atoms with E-state index in [1.807, 2.05) is 13.0 Å². The fourth-order valence-corrected chi connectivity index (χ4v) is 6.00. The van der Waals surface area contributed by atoms with E-state index in [2.05, 4.69) is 5.32 Å². The lowest BCUT2D eigenvalue weighted by atomic mass is 9.93. The minimum Gasteiger partial charge on any atom is -0.494 e. The second-order valence-electron chi connectivity index (χ2n) is 8.99. The van der Waals surface area contributed by atoms with Gasteiger partial charge in [0, 0.05) is 17.4 Å². The summed E-state index contributed by atoms with van der Waals surface area (Å²) in [6, 6.07) is 14.0. The Labute approximate surface area is 234 Å². The van der Waals surface area contributed by atoms with Gasteiger partial charge in [-0.2, -0.15) is 0 Å². The number of carbonyl (C=O) groups excluding carboxylic acids is 1. The number of ether oxygens (including phenoxy) is 2. The summed E-state index contributed by atoms with van der Waals surface area (Å²) in [5, 5.41) is 21.6. The van der Waals surface area contributed by atoms with Gasteiger partial charge in [0.1, 0.15) is 10.8 Å². The van der Waals surface area contributed by atoms with E-state index >= 15 is 0 Å². The van der Waals surface area contributed by atoms with Crippen LogP contribution in [0.1, 0.15) is 48.7 Å². The van der Waals surface area contributed by atoms with Crippen LogP contribution in [0.5, 0.6) is 11.5 Å². The molecule has 0 spiro atoms. The Bertz CT molecular complexity index is 1340. The molecule has 2 amide bonds. The monoisotopic (exact) mass is 572 g/mol. The van der Waals surface area contributed by atoms with Gasteiger partial charge in [-0.3, -0.25) is 4.90 Å². The Morgan fingerprint density at radius 1 is 1.05 bits per heavy atom. The van der Waals surface area contributed by atoms with Crippen LogP contribution in [0.15, 0.2) is 48.5 Å². The lowest BCUT2D eigenvalue weighted by molar-refractivity contribution is -0.139. The van der Waals surface area contributed by atoms with Crippen molar-refractivity contribution in [2.45, 2.75) is 45.1 Å². The molecule has 0 aliphatic heterocycles. The van der Waals surface area contributed by atoms with Crippen LogP contribution in [0.4, 0.5) is 16.2 Å². The van der Waals surface area contributed by atoms with E-state index < -0.39 is 18.5 Å². The number of urea groups is 1. The molecule has 4 rings (SSSR count). The van der Waals surface area contributed by atoms with E-state index in [1.165, 1.54) is 0 Å². The highest BCUT2D eigenvalue weighted by molar-refractivity contribution is 7.18. The average molecular weight is 573 g/mol. The minimum absolute atomic E-state index is 0.0128.